The molecule has 2 rings (SSSR count). The molecule has 0 saturated carbocycles. The van der Waals surface area contributed by atoms with Crippen molar-refractivity contribution in [2.45, 2.75) is 12.8 Å². The van der Waals surface area contributed by atoms with Crippen LogP contribution >= 0.6 is 11.6 Å². The molecule has 6 heteroatoms. The zero-order chi connectivity index (χ0) is 12.3. The normalized spacial score (nSPS) is 20.1. The summed E-state index contributed by atoms with van der Waals surface area (Å²) in [5.74, 6) is 0.951. The highest BCUT2D eigenvalue weighted by atomic mass is 35.5. The maximum atomic E-state index is 9.16. The van der Waals surface area contributed by atoms with E-state index in [0.29, 0.717) is 5.82 Å². The van der Waals surface area contributed by atoms with Crippen LogP contribution in [0.15, 0.2) is 6.20 Å². The average Bonchev–Trinajstić information content (AvgIpc) is 2.38. The van der Waals surface area contributed by atoms with Gasteiger partial charge in [-0.15, -0.1) is 0 Å². The molecule has 0 radical (unpaired) electrons. The highest BCUT2D eigenvalue weighted by Crippen LogP contribution is 2.22. The van der Waals surface area contributed by atoms with Crippen molar-refractivity contribution in [3.05, 3.63) is 17.0 Å². The second-order valence-electron chi connectivity index (χ2n) is 4.12. The number of nitrogens with zero attached hydrogens (tertiary/aromatic N) is 4. The lowest BCUT2D eigenvalue weighted by Crippen LogP contribution is -2.37. The first-order valence-corrected chi connectivity index (χ1v) is 5.91. The van der Waals surface area contributed by atoms with Crippen LogP contribution in [0.5, 0.6) is 0 Å². The van der Waals surface area contributed by atoms with Crippen molar-refractivity contribution in [3.8, 4) is 6.07 Å². The molecule has 0 aromatic carbocycles. The van der Waals surface area contributed by atoms with Crippen LogP contribution in [-0.4, -0.2) is 34.8 Å². The Hall–Kier alpha value is -1.38. The first-order valence-electron chi connectivity index (χ1n) is 5.53. The van der Waals surface area contributed by atoms with Gasteiger partial charge in [-0.25, -0.2) is 9.97 Å². The number of aliphatic hydroxyl groups excluding tert-OH is 1. The zero-order valence-corrected chi connectivity index (χ0v) is 10.1. The van der Waals surface area contributed by atoms with Crippen LogP contribution in [0.2, 0.25) is 5.15 Å². The van der Waals surface area contributed by atoms with Gasteiger partial charge in [0, 0.05) is 19.7 Å². The molecule has 90 valence electrons. The van der Waals surface area contributed by atoms with Gasteiger partial charge in [-0.05, 0) is 18.8 Å². The quantitative estimate of drug-likeness (QED) is 0.857. The summed E-state index contributed by atoms with van der Waals surface area (Å²) in [5, 5.41) is 18.0. The molecule has 1 atom stereocenters. The van der Waals surface area contributed by atoms with E-state index in [1.807, 2.05) is 11.0 Å². The van der Waals surface area contributed by atoms with Gasteiger partial charge in [0.2, 0.25) is 0 Å². The molecule has 5 nitrogen and oxygen atoms in total. The van der Waals surface area contributed by atoms with Crippen LogP contribution in [0.4, 0.5) is 5.82 Å². The van der Waals surface area contributed by atoms with Gasteiger partial charge in [0.15, 0.2) is 10.8 Å². The summed E-state index contributed by atoms with van der Waals surface area (Å²) in [7, 11) is 0. The number of rotatable bonds is 2. The van der Waals surface area contributed by atoms with Gasteiger partial charge in [0.1, 0.15) is 11.9 Å². The third-order valence-electron chi connectivity index (χ3n) is 2.92. The van der Waals surface area contributed by atoms with Gasteiger partial charge in [0.05, 0.1) is 6.20 Å². The van der Waals surface area contributed by atoms with Crippen molar-refractivity contribution in [1.29, 1.82) is 5.26 Å². The van der Waals surface area contributed by atoms with E-state index in [-0.39, 0.29) is 23.4 Å². The molecule has 1 aliphatic heterocycles. The van der Waals surface area contributed by atoms with Crippen LogP contribution in [-0.2, 0) is 0 Å². The number of piperidine rings is 1. The SMILES string of the molecule is N#Cc1ncc(N2CCC[C@@H](CO)C2)nc1Cl. The Morgan fingerprint density at radius 3 is 3.12 bits per heavy atom. The molecular formula is C11H13ClN4O. The molecule has 0 amide bonds. The van der Waals surface area contributed by atoms with Crippen molar-refractivity contribution >= 4 is 17.4 Å². The summed E-state index contributed by atoms with van der Waals surface area (Å²) >= 11 is 5.85. The first-order chi connectivity index (χ1) is 8.24. The molecule has 2 heterocycles. The fourth-order valence-electron chi connectivity index (χ4n) is 2.01. The van der Waals surface area contributed by atoms with Crippen molar-refractivity contribution in [3.63, 3.8) is 0 Å². The summed E-state index contributed by atoms with van der Waals surface area (Å²) < 4.78 is 0. The van der Waals surface area contributed by atoms with E-state index >= 15 is 0 Å². The average molecular weight is 253 g/mol. The standard InChI is InChI=1S/C11H13ClN4O/c12-11-9(4-13)14-5-10(15-11)16-3-1-2-8(6-16)7-17/h5,8,17H,1-3,6-7H2/t8-/m1/s1. The monoisotopic (exact) mass is 252 g/mol. The van der Waals surface area contributed by atoms with E-state index in [1.54, 1.807) is 6.20 Å². The molecule has 0 spiro atoms. The number of aliphatic hydroxyl groups is 1. The van der Waals surface area contributed by atoms with Crippen molar-refractivity contribution < 1.29 is 5.11 Å². The Labute approximate surface area is 105 Å². The van der Waals surface area contributed by atoms with E-state index in [4.69, 9.17) is 22.0 Å². The van der Waals surface area contributed by atoms with E-state index in [1.165, 1.54) is 0 Å². The Balaban J connectivity index is 2.17. The predicted octanol–water partition coefficient (Wildman–Crippen LogP) is 1.21. The van der Waals surface area contributed by atoms with Gasteiger partial charge < -0.3 is 10.0 Å². The van der Waals surface area contributed by atoms with Gasteiger partial charge in [-0.1, -0.05) is 11.6 Å². The van der Waals surface area contributed by atoms with Gasteiger partial charge >= 0.3 is 0 Å². The Morgan fingerprint density at radius 1 is 1.65 bits per heavy atom. The molecule has 0 aliphatic carbocycles. The minimum Gasteiger partial charge on any atom is -0.396 e. The minimum atomic E-state index is 0.135. The summed E-state index contributed by atoms with van der Waals surface area (Å²) in [4.78, 5) is 10.2. The molecule has 1 saturated heterocycles. The molecule has 1 aliphatic rings. The molecule has 0 unspecified atom stereocenters. The minimum absolute atomic E-state index is 0.135. The van der Waals surface area contributed by atoms with Gasteiger partial charge in [-0.2, -0.15) is 5.26 Å². The second kappa shape index (κ2) is 5.30. The molecule has 1 aromatic heterocycles. The molecule has 1 fully saturated rings. The molecule has 0 bridgehead atoms. The van der Waals surface area contributed by atoms with E-state index in [0.717, 1.165) is 25.9 Å². The van der Waals surface area contributed by atoms with E-state index in [2.05, 4.69) is 9.97 Å². The smallest absolute Gasteiger partial charge is 0.178 e. The van der Waals surface area contributed by atoms with E-state index in [9.17, 15) is 0 Å². The number of halogens is 1. The summed E-state index contributed by atoms with van der Waals surface area (Å²) in [6, 6.07) is 1.88. The lowest BCUT2D eigenvalue weighted by molar-refractivity contribution is 0.208. The first kappa shape index (κ1) is 12.1. The second-order valence-corrected chi connectivity index (χ2v) is 4.47. The van der Waals surface area contributed by atoms with Crippen molar-refractivity contribution in [2.75, 3.05) is 24.6 Å². The summed E-state index contributed by atoms with van der Waals surface area (Å²) in [6.07, 6.45) is 3.61. The van der Waals surface area contributed by atoms with Gasteiger partial charge in [0.25, 0.3) is 0 Å². The molecule has 1 aromatic rings. The van der Waals surface area contributed by atoms with Crippen LogP contribution in [0.1, 0.15) is 18.5 Å². The van der Waals surface area contributed by atoms with Gasteiger partial charge in [-0.3, -0.25) is 0 Å². The van der Waals surface area contributed by atoms with Crippen LogP contribution < -0.4 is 4.90 Å². The Morgan fingerprint density at radius 2 is 2.47 bits per heavy atom. The molecule has 17 heavy (non-hydrogen) atoms. The maximum Gasteiger partial charge on any atom is 0.178 e. The largest absolute Gasteiger partial charge is 0.396 e. The van der Waals surface area contributed by atoms with Crippen LogP contribution in [0, 0.1) is 17.2 Å². The number of nitriles is 1. The lowest BCUT2D eigenvalue weighted by atomic mass is 9.99. The van der Waals surface area contributed by atoms with Crippen LogP contribution in [0.25, 0.3) is 0 Å². The highest BCUT2D eigenvalue weighted by Gasteiger charge is 2.21. The van der Waals surface area contributed by atoms with Crippen LogP contribution in [0.3, 0.4) is 0 Å². The fraction of sp³-hybridized carbons (Fsp3) is 0.545. The number of hydrogen-bond donors (Lipinski definition) is 1. The van der Waals surface area contributed by atoms with Crippen molar-refractivity contribution in [2.24, 2.45) is 5.92 Å². The topological polar surface area (TPSA) is 73.0 Å². The third-order valence-corrected chi connectivity index (χ3v) is 3.19. The Bertz CT molecular complexity index is 446. The highest BCUT2D eigenvalue weighted by molar-refractivity contribution is 6.30. The summed E-state index contributed by atoms with van der Waals surface area (Å²) in [5.41, 5.74) is 0.145. The number of aromatic nitrogens is 2. The Kier molecular flexibility index (Phi) is 3.77. The number of anilines is 1. The summed E-state index contributed by atoms with van der Waals surface area (Å²) in [6.45, 7) is 1.83. The zero-order valence-electron chi connectivity index (χ0n) is 9.30. The molecule has 1 N–H and O–H groups in total. The number of hydrogen-bond acceptors (Lipinski definition) is 5. The lowest BCUT2D eigenvalue weighted by Gasteiger charge is -2.32. The van der Waals surface area contributed by atoms with Crippen molar-refractivity contribution in [1.82, 2.24) is 9.97 Å². The predicted molar refractivity (Wildman–Crippen MR) is 63.8 cm³/mol. The van der Waals surface area contributed by atoms with E-state index < -0.39 is 0 Å². The fourth-order valence-corrected chi connectivity index (χ4v) is 2.19. The third kappa shape index (κ3) is 2.65. The maximum absolute atomic E-state index is 9.16. The molecular weight excluding hydrogens is 240 g/mol.